The van der Waals surface area contributed by atoms with Gasteiger partial charge in [-0.3, -0.25) is 14.6 Å². The summed E-state index contributed by atoms with van der Waals surface area (Å²) < 4.78 is 7.54. The first-order valence-corrected chi connectivity index (χ1v) is 7.39. The third-order valence-electron chi connectivity index (χ3n) is 4.21. The highest BCUT2D eigenvalue weighted by Gasteiger charge is 2.34. The number of pyridine rings is 1. The van der Waals surface area contributed by atoms with Gasteiger partial charge in [-0.15, -0.1) is 0 Å². The molecule has 2 aromatic heterocycles. The van der Waals surface area contributed by atoms with Gasteiger partial charge >= 0.3 is 0 Å². The van der Waals surface area contributed by atoms with Crippen LogP contribution in [0.3, 0.4) is 0 Å². The summed E-state index contributed by atoms with van der Waals surface area (Å²) in [6.45, 7) is 2.00. The maximum Gasteiger partial charge on any atom is 0.0742 e. The fourth-order valence-electron chi connectivity index (χ4n) is 3.17. The van der Waals surface area contributed by atoms with Crippen LogP contribution < -0.4 is 0 Å². The molecule has 1 fully saturated rings. The third-order valence-corrected chi connectivity index (χ3v) is 4.21. The van der Waals surface area contributed by atoms with Crippen molar-refractivity contribution < 1.29 is 4.74 Å². The Balaban J connectivity index is 1.72. The van der Waals surface area contributed by atoms with Crippen molar-refractivity contribution in [2.45, 2.75) is 31.5 Å². The first kappa shape index (κ1) is 14.2. The Bertz CT molecular complexity index is 569. The van der Waals surface area contributed by atoms with E-state index >= 15 is 0 Å². The monoisotopic (exact) mass is 286 g/mol. The quantitative estimate of drug-likeness (QED) is 0.838. The van der Waals surface area contributed by atoms with Crippen LogP contribution in [0.15, 0.2) is 36.9 Å². The second kappa shape index (κ2) is 6.37. The van der Waals surface area contributed by atoms with E-state index in [0.717, 1.165) is 25.9 Å². The predicted octanol–water partition coefficient (Wildman–Crippen LogP) is 1.65. The molecule has 21 heavy (non-hydrogen) atoms. The molecule has 5 nitrogen and oxygen atoms in total. The maximum absolute atomic E-state index is 5.69. The molecule has 3 heterocycles. The van der Waals surface area contributed by atoms with E-state index in [1.165, 1.54) is 11.1 Å². The summed E-state index contributed by atoms with van der Waals surface area (Å²) in [5, 5.41) is 4.26. The Morgan fingerprint density at radius 2 is 2.24 bits per heavy atom. The minimum Gasteiger partial charge on any atom is -0.380 e. The van der Waals surface area contributed by atoms with Crippen molar-refractivity contribution in [2.24, 2.45) is 7.05 Å². The van der Waals surface area contributed by atoms with Gasteiger partial charge in [0, 0.05) is 57.4 Å². The Morgan fingerprint density at radius 3 is 2.90 bits per heavy atom. The van der Waals surface area contributed by atoms with Crippen LogP contribution in [0.2, 0.25) is 0 Å². The number of hydrogen-bond acceptors (Lipinski definition) is 4. The molecule has 1 saturated heterocycles. The molecule has 0 radical (unpaired) electrons. The van der Waals surface area contributed by atoms with Crippen LogP contribution >= 0.6 is 0 Å². The molecule has 0 aliphatic carbocycles. The molecule has 0 spiro atoms. The lowest BCUT2D eigenvalue weighted by Crippen LogP contribution is -2.37. The van der Waals surface area contributed by atoms with E-state index in [-0.39, 0.29) is 0 Å². The minimum absolute atomic E-state index is 0.293. The Hall–Kier alpha value is -1.72. The minimum atomic E-state index is 0.293. The molecule has 3 rings (SSSR count). The summed E-state index contributed by atoms with van der Waals surface area (Å²) in [7, 11) is 3.77. The summed E-state index contributed by atoms with van der Waals surface area (Å²) >= 11 is 0. The number of likely N-dealkylation sites (tertiary alicyclic amines) is 1. The van der Waals surface area contributed by atoms with E-state index in [2.05, 4.69) is 27.2 Å². The summed E-state index contributed by atoms with van der Waals surface area (Å²) in [5.41, 5.74) is 2.52. The first-order valence-electron chi connectivity index (χ1n) is 7.39. The predicted molar refractivity (Wildman–Crippen MR) is 80.8 cm³/mol. The van der Waals surface area contributed by atoms with Crippen molar-refractivity contribution in [3.05, 3.63) is 48.0 Å². The lowest BCUT2D eigenvalue weighted by molar-refractivity contribution is 0.0638. The van der Waals surface area contributed by atoms with Gasteiger partial charge in [-0.05, 0) is 24.5 Å². The lowest BCUT2D eigenvalue weighted by atomic mass is 10.0. The lowest BCUT2D eigenvalue weighted by Gasteiger charge is -2.27. The Morgan fingerprint density at radius 1 is 1.33 bits per heavy atom. The summed E-state index contributed by atoms with van der Waals surface area (Å²) in [6.07, 6.45) is 10.2. The van der Waals surface area contributed by atoms with Crippen LogP contribution in [-0.2, 0) is 24.8 Å². The molecule has 0 N–H and O–H groups in total. The number of aromatic nitrogens is 3. The summed E-state index contributed by atoms with van der Waals surface area (Å²) in [6, 6.07) is 4.54. The smallest absolute Gasteiger partial charge is 0.0742 e. The molecular weight excluding hydrogens is 264 g/mol. The zero-order chi connectivity index (χ0) is 14.7. The van der Waals surface area contributed by atoms with Crippen molar-refractivity contribution in [1.29, 1.82) is 0 Å². The van der Waals surface area contributed by atoms with Gasteiger partial charge in [-0.1, -0.05) is 6.07 Å². The average Bonchev–Trinajstić information content (AvgIpc) is 3.08. The summed E-state index contributed by atoms with van der Waals surface area (Å²) in [5.74, 6) is 0. The third kappa shape index (κ3) is 3.31. The van der Waals surface area contributed by atoms with Crippen molar-refractivity contribution in [3.8, 4) is 0 Å². The highest BCUT2D eigenvalue weighted by atomic mass is 16.5. The molecule has 5 heteroatoms. The zero-order valence-electron chi connectivity index (χ0n) is 12.6. The van der Waals surface area contributed by atoms with Crippen molar-refractivity contribution >= 4 is 0 Å². The second-order valence-electron chi connectivity index (χ2n) is 5.69. The first-order chi connectivity index (χ1) is 10.3. The largest absolute Gasteiger partial charge is 0.380 e. The zero-order valence-corrected chi connectivity index (χ0v) is 12.6. The van der Waals surface area contributed by atoms with E-state index in [1.807, 2.05) is 43.5 Å². The van der Waals surface area contributed by atoms with Gasteiger partial charge < -0.3 is 4.74 Å². The highest BCUT2D eigenvalue weighted by Crippen LogP contribution is 2.25. The molecule has 1 aliphatic rings. The Labute approximate surface area is 125 Å². The van der Waals surface area contributed by atoms with E-state index in [1.54, 1.807) is 0 Å². The second-order valence-corrected chi connectivity index (χ2v) is 5.69. The molecule has 0 bridgehead atoms. The number of methoxy groups -OCH3 is 1. The van der Waals surface area contributed by atoms with Crippen molar-refractivity contribution in [2.75, 3.05) is 13.7 Å². The fraction of sp³-hybridized carbons (Fsp3) is 0.500. The summed E-state index contributed by atoms with van der Waals surface area (Å²) in [4.78, 5) is 6.72. The van der Waals surface area contributed by atoms with Crippen LogP contribution in [0.4, 0.5) is 0 Å². The van der Waals surface area contributed by atoms with Gasteiger partial charge in [0.05, 0.1) is 12.3 Å². The van der Waals surface area contributed by atoms with Gasteiger partial charge in [0.15, 0.2) is 0 Å². The van der Waals surface area contributed by atoms with Gasteiger partial charge in [0.2, 0.25) is 0 Å². The van der Waals surface area contributed by atoms with Crippen molar-refractivity contribution in [3.63, 3.8) is 0 Å². The number of rotatable bonds is 5. The van der Waals surface area contributed by atoms with Gasteiger partial charge in [0.25, 0.3) is 0 Å². The van der Waals surface area contributed by atoms with E-state index in [0.29, 0.717) is 12.1 Å². The van der Waals surface area contributed by atoms with Crippen LogP contribution in [0.25, 0.3) is 0 Å². The number of hydrogen-bond donors (Lipinski definition) is 0. The van der Waals surface area contributed by atoms with Gasteiger partial charge in [-0.25, -0.2) is 0 Å². The molecular formula is C16H22N4O. The molecule has 112 valence electrons. The normalized spacial score (nSPS) is 22.8. The van der Waals surface area contributed by atoms with E-state index in [4.69, 9.17) is 4.74 Å². The molecule has 0 amide bonds. The average molecular weight is 286 g/mol. The molecule has 2 atom stereocenters. The van der Waals surface area contributed by atoms with E-state index < -0.39 is 0 Å². The van der Waals surface area contributed by atoms with Gasteiger partial charge in [0.1, 0.15) is 0 Å². The standard InChI is InChI=1S/C16H22N4O/c1-19-11-14(10-18-19)12-20-7-5-16(21-2)15(20)8-13-4-3-6-17-9-13/h3-4,6,9-11,15-16H,5,7-8,12H2,1-2H3/t15-,16-/m0/s1. The maximum atomic E-state index is 5.69. The number of aryl methyl sites for hydroxylation is 1. The van der Waals surface area contributed by atoms with Crippen LogP contribution in [0, 0.1) is 0 Å². The molecule has 0 aromatic carbocycles. The number of ether oxygens (including phenoxy) is 1. The SMILES string of the molecule is CO[C@H]1CCN(Cc2cnn(C)c2)[C@H]1Cc1cccnc1. The topological polar surface area (TPSA) is 43.2 Å². The molecule has 0 unspecified atom stereocenters. The number of nitrogens with zero attached hydrogens (tertiary/aromatic N) is 4. The van der Waals surface area contributed by atoms with Crippen molar-refractivity contribution in [1.82, 2.24) is 19.7 Å². The van der Waals surface area contributed by atoms with Crippen LogP contribution in [0.1, 0.15) is 17.5 Å². The Kier molecular flexibility index (Phi) is 4.31. The highest BCUT2D eigenvalue weighted by molar-refractivity contribution is 5.13. The fourth-order valence-corrected chi connectivity index (χ4v) is 3.17. The molecule has 0 saturated carbocycles. The van der Waals surface area contributed by atoms with Crippen LogP contribution in [-0.4, -0.2) is 45.5 Å². The van der Waals surface area contributed by atoms with E-state index in [9.17, 15) is 0 Å². The van der Waals surface area contributed by atoms with Gasteiger partial charge in [-0.2, -0.15) is 5.10 Å². The molecule has 2 aromatic rings. The van der Waals surface area contributed by atoms with Crippen LogP contribution in [0.5, 0.6) is 0 Å². The molecule has 1 aliphatic heterocycles.